The van der Waals surface area contributed by atoms with Crippen molar-refractivity contribution in [2.45, 2.75) is 45.6 Å². The van der Waals surface area contributed by atoms with Crippen LogP contribution in [0.1, 0.15) is 46.8 Å². The molecular weight excluding hydrogens is 316 g/mol. The molecule has 7 nitrogen and oxygen atoms in total. The highest BCUT2D eigenvalue weighted by atomic mass is 32.1. The molecule has 1 aliphatic carbocycles. The van der Waals surface area contributed by atoms with Crippen LogP contribution in [0.5, 0.6) is 0 Å². The largest absolute Gasteiger partial charge is 0.352 e. The van der Waals surface area contributed by atoms with Gasteiger partial charge < -0.3 is 11.1 Å². The normalized spacial score (nSPS) is 17.7. The van der Waals surface area contributed by atoms with Crippen molar-refractivity contribution in [1.29, 1.82) is 0 Å². The van der Waals surface area contributed by atoms with Crippen LogP contribution in [0.2, 0.25) is 0 Å². The fraction of sp³-hybridized carbons (Fsp3) is 0.533. The molecule has 5 N–H and O–H groups in total. The van der Waals surface area contributed by atoms with E-state index in [4.69, 9.17) is 5.73 Å². The van der Waals surface area contributed by atoms with Crippen LogP contribution in [0.15, 0.2) is 6.07 Å². The Kier molecular flexibility index (Phi) is 5.59. The molecule has 126 valence electrons. The van der Waals surface area contributed by atoms with Gasteiger partial charge in [0.25, 0.3) is 11.8 Å². The van der Waals surface area contributed by atoms with Gasteiger partial charge in [-0.05, 0) is 43.7 Å². The van der Waals surface area contributed by atoms with E-state index in [1.807, 2.05) is 6.07 Å². The van der Waals surface area contributed by atoms with E-state index in [1.165, 1.54) is 28.7 Å². The van der Waals surface area contributed by atoms with Crippen molar-refractivity contribution in [3.05, 3.63) is 21.4 Å². The maximum atomic E-state index is 12.1. The first-order valence-corrected chi connectivity index (χ1v) is 8.50. The van der Waals surface area contributed by atoms with E-state index in [0.29, 0.717) is 10.8 Å². The number of amides is 4. The third-order valence-corrected chi connectivity index (χ3v) is 5.27. The fourth-order valence-corrected chi connectivity index (χ4v) is 3.73. The number of carbonyl (C=O) groups excluding carboxylic acids is 3. The van der Waals surface area contributed by atoms with Gasteiger partial charge in [-0.2, -0.15) is 0 Å². The number of hydrogen-bond acceptors (Lipinski definition) is 4. The molecule has 0 fully saturated rings. The third-order valence-electron chi connectivity index (χ3n) is 4.04. The lowest BCUT2D eigenvalue weighted by molar-refractivity contribution is -0.123. The Morgan fingerprint density at radius 2 is 2.13 bits per heavy atom. The number of fused-ring (bicyclic) bond motifs is 1. The highest BCUT2D eigenvalue weighted by Crippen LogP contribution is 2.33. The smallest absolute Gasteiger partial charge is 0.312 e. The Bertz CT molecular complexity index is 614. The van der Waals surface area contributed by atoms with Crippen molar-refractivity contribution in [1.82, 2.24) is 16.2 Å². The maximum Gasteiger partial charge on any atom is 0.312 e. The summed E-state index contributed by atoms with van der Waals surface area (Å²) in [6.07, 6.45) is 4.34. The Hall–Kier alpha value is -2.09. The van der Waals surface area contributed by atoms with Gasteiger partial charge in [-0.15, -0.1) is 11.3 Å². The highest BCUT2D eigenvalue weighted by Gasteiger charge is 2.22. The number of nitrogens with one attached hydrogen (secondary N) is 3. The van der Waals surface area contributed by atoms with Gasteiger partial charge in [0.1, 0.15) is 6.04 Å². The molecule has 2 rings (SSSR count). The summed E-state index contributed by atoms with van der Waals surface area (Å²) in [5.41, 5.74) is 10.8. The highest BCUT2D eigenvalue weighted by molar-refractivity contribution is 7.14. The Labute approximate surface area is 139 Å². The lowest BCUT2D eigenvalue weighted by Crippen LogP contribution is -2.51. The van der Waals surface area contributed by atoms with Crippen LogP contribution in [-0.4, -0.2) is 23.9 Å². The maximum absolute atomic E-state index is 12.1. The van der Waals surface area contributed by atoms with Gasteiger partial charge in [0.05, 0.1) is 4.88 Å². The molecule has 0 aliphatic heterocycles. The molecule has 0 bridgehead atoms. The first kappa shape index (κ1) is 17.3. The lowest BCUT2D eigenvalue weighted by Gasteiger charge is -2.19. The van der Waals surface area contributed by atoms with Crippen molar-refractivity contribution in [2.75, 3.05) is 0 Å². The van der Waals surface area contributed by atoms with Gasteiger partial charge in [0.2, 0.25) is 0 Å². The molecular formula is C15H22N4O3S. The molecule has 0 aromatic carbocycles. The van der Waals surface area contributed by atoms with Crippen LogP contribution in [0.4, 0.5) is 4.79 Å². The Morgan fingerprint density at radius 1 is 1.39 bits per heavy atom. The second-order valence-corrected chi connectivity index (χ2v) is 6.89. The summed E-state index contributed by atoms with van der Waals surface area (Å²) >= 11 is 1.47. The summed E-state index contributed by atoms with van der Waals surface area (Å²) < 4.78 is 0. The molecule has 1 aromatic rings. The average Bonchev–Trinajstić information content (AvgIpc) is 2.94. The quantitative estimate of drug-likeness (QED) is 0.616. The zero-order valence-corrected chi connectivity index (χ0v) is 14.1. The number of hydrogen-bond donors (Lipinski definition) is 4. The minimum absolute atomic E-state index is 0.350. The van der Waals surface area contributed by atoms with Gasteiger partial charge in [-0.25, -0.2) is 4.79 Å². The molecule has 4 amide bonds. The molecule has 0 unspecified atom stereocenters. The zero-order valence-electron chi connectivity index (χ0n) is 13.3. The van der Waals surface area contributed by atoms with Crippen LogP contribution in [-0.2, 0) is 17.6 Å². The first-order valence-electron chi connectivity index (χ1n) is 7.68. The van der Waals surface area contributed by atoms with E-state index < -0.39 is 18.0 Å². The van der Waals surface area contributed by atoms with Gasteiger partial charge in [-0.1, -0.05) is 13.3 Å². The second-order valence-electron chi connectivity index (χ2n) is 5.75. The average molecular weight is 338 g/mol. The van der Waals surface area contributed by atoms with Crippen LogP contribution in [0.3, 0.4) is 0 Å². The Balaban J connectivity index is 1.91. The van der Waals surface area contributed by atoms with Gasteiger partial charge >= 0.3 is 6.03 Å². The van der Waals surface area contributed by atoms with E-state index in [-0.39, 0.29) is 5.91 Å². The number of carbonyl (C=O) groups is 3. The predicted octanol–water partition coefficient (Wildman–Crippen LogP) is 1.08. The number of aryl methyl sites for hydroxylation is 1. The van der Waals surface area contributed by atoms with E-state index in [0.717, 1.165) is 25.7 Å². The predicted molar refractivity (Wildman–Crippen MR) is 87.9 cm³/mol. The molecule has 23 heavy (non-hydrogen) atoms. The third kappa shape index (κ3) is 4.44. The number of rotatable bonds is 4. The van der Waals surface area contributed by atoms with E-state index in [2.05, 4.69) is 23.1 Å². The standard InChI is InChI=1S/C15H22N4O3S/c1-3-9-4-5-11-10(6-9)7-12(23-11)14(21)19-18-13(20)8(2)17-15(16)22/h7-9H,3-6H2,1-2H3,(H,18,20)(H,19,21)(H3,16,17,22)/t8-,9+/m0/s1. The van der Waals surface area contributed by atoms with Crippen molar-refractivity contribution in [3.63, 3.8) is 0 Å². The Morgan fingerprint density at radius 3 is 2.78 bits per heavy atom. The van der Waals surface area contributed by atoms with Crippen LogP contribution in [0.25, 0.3) is 0 Å². The number of hydrazine groups is 1. The monoisotopic (exact) mass is 338 g/mol. The van der Waals surface area contributed by atoms with E-state index in [1.54, 1.807) is 0 Å². The van der Waals surface area contributed by atoms with Crippen molar-refractivity contribution < 1.29 is 14.4 Å². The molecule has 1 heterocycles. The summed E-state index contributed by atoms with van der Waals surface area (Å²) in [5.74, 6) is -0.199. The van der Waals surface area contributed by atoms with E-state index in [9.17, 15) is 14.4 Å². The first-order chi connectivity index (χ1) is 10.9. The van der Waals surface area contributed by atoms with Gasteiger partial charge in [-0.3, -0.25) is 20.4 Å². The summed E-state index contributed by atoms with van der Waals surface area (Å²) in [7, 11) is 0. The minimum atomic E-state index is -0.824. The van der Waals surface area contributed by atoms with Crippen LogP contribution >= 0.6 is 11.3 Å². The van der Waals surface area contributed by atoms with Gasteiger partial charge in [0, 0.05) is 4.88 Å². The number of primary amides is 1. The molecule has 0 saturated heterocycles. The van der Waals surface area contributed by atoms with E-state index >= 15 is 0 Å². The number of thiophene rings is 1. The topological polar surface area (TPSA) is 113 Å². The summed E-state index contributed by atoms with van der Waals surface area (Å²) in [5, 5.41) is 2.24. The number of urea groups is 1. The molecule has 0 spiro atoms. The summed E-state index contributed by atoms with van der Waals surface area (Å²) in [6.45, 7) is 3.66. The van der Waals surface area contributed by atoms with Crippen LogP contribution < -0.4 is 21.9 Å². The number of nitrogens with two attached hydrogens (primary N) is 1. The summed E-state index contributed by atoms with van der Waals surface area (Å²) in [4.78, 5) is 36.4. The zero-order chi connectivity index (χ0) is 17.0. The molecule has 2 atom stereocenters. The summed E-state index contributed by atoms with van der Waals surface area (Å²) in [6, 6.07) is 0.291. The van der Waals surface area contributed by atoms with Crippen molar-refractivity contribution in [3.8, 4) is 0 Å². The lowest BCUT2D eigenvalue weighted by atomic mass is 9.87. The second kappa shape index (κ2) is 7.45. The molecule has 0 radical (unpaired) electrons. The van der Waals surface area contributed by atoms with Crippen LogP contribution in [0, 0.1) is 5.92 Å². The van der Waals surface area contributed by atoms with Gasteiger partial charge in [0.15, 0.2) is 0 Å². The molecule has 8 heteroatoms. The molecule has 1 aromatic heterocycles. The minimum Gasteiger partial charge on any atom is -0.352 e. The fourth-order valence-electron chi connectivity index (χ4n) is 2.63. The van der Waals surface area contributed by atoms with Crippen molar-refractivity contribution >= 4 is 29.2 Å². The molecule has 1 aliphatic rings. The molecule has 0 saturated carbocycles. The van der Waals surface area contributed by atoms with Crippen molar-refractivity contribution in [2.24, 2.45) is 11.7 Å². The SMILES string of the molecule is CC[C@@H]1CCc2sc(C(=O)NNC(=O)[C@H](C)NC(N)=O)cc2C1.